The molecule has 0 unspecified atom stereocenters. The van der Waals surface area contributed by atoms with Crippen molar-refractivity contribution in [3.8, 4) is 5.75 Å². The minimum atomic E-state index is -4.62. The van der Waals surface area contributed by atoms with Crippen molar-refractivity contribution >= 4 is 7.82 Å². The lowest BCUT2D eigenvalue weighted by Crippen LogP contribution is -2.03. The number of phosphoric ester groups is 1. The second kappa shape index (κ2) is 5.09. The highest BCUT2D eigenvalue weighted by atomic mass is 31.2. The second-order valence-electron chi connectivity index (χ2n) is 3.27. The van der Waals surface area contributed by atoms with Gasteiger partial charge in [0.2, 0.25) is 0 Å². The molecule has 0 bridgehead atoms. The monoisotopic (exact) mass is 265 g/mol. The molecular formula is C8H12NO7P. The molecule has 1 aromatic rings. The zero-order valence-electron chi connectivity index (χ0n) is 8.81. The number of aliphatic hydroxyl groups is 2. The number of aromatic hydroxyl groups is 1. The van der Waals surface area contributed by atoms with Crippen molar-refractivity contribution in [3.05, 3.63) is 23.0 Å². The Morgan fingerprint density at radius 2 is 2.06 bits per heavy atom. The van der Waals surface area contributed by atoms with E-state index in [9.17, 15) is 9.67 Å². The van der Waals surface area contributed by atoms with Crippen LogP contribution in [0.5, 0.6) is 5.75 Å². The number of rotatable bonds is 4. The highest BCUT2D eigenvalue weighted by molar-refractivity contribution is 7.46. The van der Waals surface area contributed by atoms with Gasteiger partial charge in [0.15, 0.2) is 6.29 Å². The van der Waals surface area contributed by atoms with Crippen LogP contribution in [0.4, 0.5) is 0 Å². The smallest absolute Gasteiger partial charge is 0.469 e. The van der Waals surface area contributed by atoms with E-state index in [4.69, 9.17) is 20.0 Å². The molecular weight excluding hydrogens is 253 g/mol. The molecule has 0 spiro atoms. The molecule has 0 aliphatic rings. The largest absolute Gasteiger partial charge is 0.506 e. The molecule has 1 aromatic heterocycles. The van der Waals surface area contributed by atoms with Crippen LogP contribution in [0.2, 0.25) is 0 Å². The van der Waals surface area contributed by atoms with Crippen molar-refractivity contribution in [1.82, 2.24) is 4.98 Å². The van der Waals surface area contributed by atoms with Gasteiger partial charge in [-0.25, -0.2) is 4.57 Å². The van der Waals surface area contributed by atoms with Crippen molar-refractivity contribution in [3.63, 3.8) is 0 Å². The van der Waals surface area contributed by atoms with Crippen molar-refractivity contribution < 1.29 is 34.2 Å². The Bertz CT molecular complexity index is 455. The maximum absolute atomic E-state index is 10.5. The molecule has 0 atom stereocenters. The van der Waals surface area contributed by atoms with E-state index < -0.39 is 20.7 Å². The number of nitrogens with zero attached hydrogens (tertiary/aromatic N) is 1. The summed E-state index contributed by atoms with van der Waals surface area (Å²) in [7, 11) is -4.62. The Morgan fingerprint density at radius 1 is 1.47 bits per heavy atom. The fourth-order valence-corrected chi connectivity index (χ4v) is 1.48. The van der Waals surface area contributed by atoms with Gasteiger partial charge in [0, 0.05) is 0 Å². The number of hydrogen-bond acceptors (Lipinski definition) is 6. The van der Waals surface area contributed by atoms with Gasteiger partial charge in [-0.1, -0.05) is 0 Å². The summed E-state index contributed by atoms with van der Waals surface area (Å²) in [6.07, 6.45) is -1.91. The Labute approximate surface area is 96.4 Å². The van der Waals surface area contributed by atoms with Gasteiger partial charge in [-0.2, -0.15) is 0 Å². The van der Waals surface area contributed by atoms with Crippen LogP contribution in [0, 0.1) is 6.92 Å². The molecule has 17 heavy (non-hydrogen) atoms. The van der Waals surface area contributed by atoms with E-state index in [2.05, 4.69) is 9.51 Å². The molecule has 1 heterocycles. The maximum atomic E-state index is 10.5. The molecule has 5 N–H and O–H groups in total. The molecule has 8 nitrogen and oxygen atoms in total. The SMILES string of the molecule is Cc1nc(COP(=O)(O)O)cc(C(O)O)c1O. The molecule has 0 aliphatic carbocycles. The molecule has 9 heteroatoms. The summed E-state index contributed by atoms with van der Waals surface area (Å²) in [5, 5.41) is 27.4. The summed E-state index contributed by atoms with van der Waals surface area (Å²) in [4.78, 5) is 20.8. The van der Waals surface area contributed by atoms with Crippen molar-refractivity contribution in [2.45, 2.75) is 19.8 Å². The van der Waals surface area contributed by atoms with Crippen LogP contribution in [0.25, 0.3) is 0 Å². The average molecular weight is 265 g/mol. The first kappa shape index (κ1) is 14.0. The van der Waals surface area contributed by atoms with Crippen LogP contribution in [0.3, 0.4) is 0 Å². The molecule has 0 fully saturated rings. The Morgan fingerprint density at radius 3 is 2.53 bits per heavy atom. The minimum absolute atomic E-state index is 0.0618. The third kappa shape index (κ3) is 4.04. The predicted octanol–water partition coefficient (Wildman–Crippen LogP) is -0.312. The number of phosphoric acid groups is 1. The maximum Gasteiger partial charge on any atom is 0.469 e. The third-order valence-electron chi connectivity index (χ3n) is 1.91. The standard InChI is InChI=1S/C8H12NO7P/c1-4-7(10)6(8(11)12)2-5(9-4)3-16-17(13,14)15/h2,8,10-12H,3H2,1H3,(H2,13,14,15). The molecule has 0 amide bonds. The lowest BCUT2D eigenvalue weighted by molar-refractivity contribution is -0.0441. The first-order valence-electron chi connectivity index (χ1n) is 4.46. The zero-order chi connectivity index (χ0) is 13.2. The van der Waals surface area contributed by atoms with Gasteiger partial charge in [-0.05, 0) is 13.0 Å². The summed E-state index contributed by atoms with van der Waals surface area (Å²) in [5.74, 6) is -0.389. The quantitative estimate of drug-likeness (QED) is 0.368. The summed E-state index contributed by atoms with van der Waals surface area (Å²) < 4.78 is 14.7. The van der Waals surface area contributed by atoms with Crippen molar-refractivity contribution in [2.75, 3.05) is 0 Å². The van der Waals surface area contributed by atoms with E-state index in [0.717, 1.165) is 6.07 Å². The van der Waals surface area contributed by atoms with Crippen LogP contribution in [0.15, 0.2) is 6.07 Å². The van der Waals surface area contributed by atoms with Crippen LogP contribution in [-0.2, 0) is 15.7 Å². The fourth-order valence-electron chi connectivity index (χ4n) is 1.18. The van der Waals surface area contributed by atoms with Crippen LogP contribution in [0.1, 0.15) is 23.2 Å². The lowest BCUT2D eigenvalue weighted by Gasteiger charge is -2.11. The molecule has 0 saturated carbocycles. The number of aliphatic hydroxyl groups excluding tert-OH is 1. The van der Waals surface area contributed by atoms with Gasteiger partial charge in [0.1, 0.15) is 12.4 Å². The van der Waals surface area contributed by atoms with Crippen LogP contribution >= 0.6 is 7.82 Å². The minimum Gasteiger partial charge on any atom is -0.506 e. The van der Waals surface area contributed by atoms with Gasteiger partial charge < -0.3 is 25.1 Å². The zero-order valence-corrected chi connectivity index (χ0v) is 9.70. The third-order valence-corrected chi connectivity index (χ3v) is 2.37. The molecule has 1 rings (SSSR count). The first-order valence-corrected chi connectivity index (χ1v) is 5.99. The highest BCUT2D eigenvalue weighted by Crippen LogP contribution is 2.37. The van der Waals surface area contributed by atoms with Crippen LogP contribution in [-0.4, -0.2) is 30.1 Å². The number of aromatic nitrogens is 1. The number of hydrogen-bond donors (Lipinski definition) is 5. The Balaban J connectivity index is 2.99. The second-order valence-corrected chi connectivity index (χ2v) is 4.51. The summed E-state index contributed by atoms with van der Waals surface area (Å²) >= 11 is 0. The predicted molar refractivity (Wildman–Crippen MR) is 54.7 cm³/mol. The van der Waals surface area contributed by atoms with E-state index in [1.165, 1.54) is 6.92 Å². The summed E-state index contributed by atoms with van der Waals surface area (Å²) in [5.41, 5.74) is -0.0477. The van der Waals surface area contributed by atoms with Gasteiger partial charge in [-0.15, -0.1) is 0 Å². The Kier molecular flexibility index (Phi) is 4.21. The van der Waals surface area contributed by atoms with E-state index >= 15 is 0 Å². The molecule has 0 saturated heterocycles. The van der Waals surface area contributed by atoms with Gasteiger partial charge >= 0.3 is 7.82 Å². The van der Waals surface area contributed by atoms with Gasteiger partial charge in [0.05, 0.1) is 17.0 Å². The molecule has 0 aliphatic heterocycles. The molecule has 96 valence electrons. The normalized spacial score (nSPS) is 12.1. The number of pyridine rings is 1. The van der Waals surface area contributed by atoms with Gasteiger partial charge in [0.25, 0.3) is 0 Å². The lowest BCUT2D eigenvalue weighted by atomic mass is 10.1. The van der Waals surface area contributed by atoms with Crippen molar-refractivity contribution in [2.24, 2.45) is 0 Å². The molecule has 0 aromatic carbocycles. The average Bonchev–Trinajstić information content (AvgIpc) is 2.18. The fraction of sp³-hybridized carbons (Fsp3) is 0.375. The number of aryl methyl sites for hydroxylation is 1. The summed E-state index contributed by atoms with van der Waals surface area (Å²) in [6, 6.07) is 1.09. The van der Waals surface area contributed by atoms with E-state index in [0.29, 0.717) is 0 Å². The first-order chi connectivity index (χ1) is 7.70. The van der Waals surface area contributed by atoms with Crippen LogP contribution < -0.4 is 0 Å². The van der Waals surface area contributed by atoms with Crippen molar-refractivity contribution in [1.29, 1.82) is 0 Å². The van der Waals surface area contributed by atoms with Gasteiger partial charge in [-0.3, -0.25) is 9.51 Å². The van der Waals surface area contributed by atoms with E-state index in [-0.39, 0.29) is 22.7 Å². The summed E-state index contributed by atoms with van der Waals surface area (Å²) in [6.45, 7) is 0.896. The van der Waals surface area contributed by atoms with E-state index in [1.54, 1.807) is 0 Å². The molecule has 0 radical (unpaired) electrons. The highest BCUT2D eigenvalue weighted by Gasteiger charge is 2.18. The van der Waals surface area contributed by atoms with E-state index in [1.807, 2.05) is 0 Å². The Hall–Kier alpha value is -1.02. The topological polar surface area (TPSA) is 140 Å².